The van der Waals surface area contributed by atoms with E-state index in [2.05, 4.69) is 10.1 Å². The maximum absolute atomic E-state index is 12.0. The van der Waals surface area contributed by atoms with Crippen molar-refractivity contribution in [2.75, 3.05) is 7.11 Å². The number of nitrogens with zero attached hydrogens (tertiary/aromatic N) is 3. The van der Waals surface area contributed by atoms with Crippen molar-refractivity contribution in [1.82, 2.24) is 14.6 Å². The first-order valence-corrected chi connectivity index (χ1v) is 7.07. The highest BCUT2D eigenvalue weighted by molar-refractivity contribution is 7.16. The van der Waals surface area contributed by atoms with Crippen molar-refractivity contribution in [3.05, 3.63) is 51.3 Å². The molecular weight excluding hydrogens is 310 g/mol. The fourth-order valence-electron chi connectivity index (χ4n) is 1.76. The molecule has 0 atom stereocenters. The lowest BCUT2D eigenvalue weighted by Gasteiger charge is -2.02. The fourth-order valence-corrected chi connectivity index (χ4v) is 2.65. The summed E-state index contributed by atoms with van der Waals surface area (Å²) >= 11 is 1.24. The van der Waals surface area contributed by atoms with Crippen LogP contribution in [-0.2, 0) is 22.7 Å². The van der Waals surface area contributed by atoms with Crippen molar-refractivity contribution in [3.8, 4) is 0 Å². The number of furan rings is 1. The number of carbonyl (C=O) groups excluding carboxylic acids is 1. The second-order valence-electron chi connectivity index (χ2n) is 4.26. The molecule has 0 unspecified atom stereocenters. The van der Waals surface area contributed by atoms with Crippen LogP contribution in [0, 0.1) is 0 Å². The van der Waals surface area contributed by atoms with Crippen LogP contribution >= 0.6 is 11.3 Å². The Labute approximate surface area is 127 Å². The summed E-state index contributed by atoms with van der Waals surface area (Å²) in [4.78, 5) is 28.3. The quantitative estimate of drug-likeness (QED) is 0.652. The molecule has 8 nitrogen and oxygen atoms in total. The van der Waals surface area contributed by atoms with Crippen molar-refractivity contribution < 1.29 is 18.7 Å². The highest BCUT2D eigenvalue weighted by Gasteiger charge is 2.13. The minimum Gasteiger partial charge on any atom is -0.457 e. The van der Waals surface area contributed by atoms with Crippen molar-refractivity contribution in [2.24, 2.45) is 0 Å². The largest absolute Gasteiger partial charge is 0.457 e. The van der Waals surface area contributed by atoms with Gasteiger partial charge in [0.25, 0.3) is 5.56 Å². The van der Waals surface area contributed by atoms with E-state index in [0.29, 0.717) is 22.3 Å². The molecule has 0 aromatic carbocycles. The minimum atomic E-state index is -0.614. The number of rotatable bonds is 5. The van der Waals surface area contributed by atoms with Gasteiger partial charge in [0.15, 0.2) is 0 Å². The number of carbonyl (C=O) groups is 1. The molecular formula is C13H11N3O5S. The highest BCUT2D eigenvalue weighted by atomic mass is 32.1. The molecule has 9 heteroatoms. The molecule has 0 amide bonds. The van der Waals surface area contributed by atoms with Gasteiger partial charge in [-0.3, -0.25) is 4.79 Å². The molecule has 0 radical (unpaired) electrons. The Balaban J connectivity index is 1.79. The first-order chi connectivity index (χ1) is 10.7. The SMILES string of the molecule is COCc1nn2c(=O)cc(COC(=O)c3ccco3)nc2s1. The Hall–Kier alpha value is -2.52. The van der Waals surface area contributed by atoms with Gasteiger partial charge in [0.05, 0.1) is 18.6 Å². The van der Waals surface area contributed by atoms with Gasteiger partial charge in [-0.05, 0) is 12.1 Å². The first kappa shape index (κ1) is 14.4. The van der Waals surface area contributed by atoms with E-state index in [-0.39, 0.29) is 17.9 Å². The number of ether oxygens (including phenoxy) is 2. The van der Waals surface area contributed by atoms with E-state index in [9.17, 15) is 9.59 Å². The second-order valence-corrected chi connectivity index (χ2v) is 5.30. The molecule has 0 bridgehead atoms. The third-order valence-electron chi connectivity index (χ3n) is 2.68. The van der Waals surface area contributed by atoms with Crippen LogP contribution in [0.5, 0.6) is 0 Å². The van der Waals surface area contributed by atoms with Crippen LogP contribution in [0.15, 0.2) is 33.7 Å². The van der Waals surface area contributed by atoms with Crippen LogP contribution in [0.1, 0.15) is 21.3 Å². The van der Waals surface area contributed by atoms with Crippen LogP contribution in [0.3, 0.4) is 0 Å². The van der Waals surface area contributed by atoms with Crippen LogP contribution in [0.4, 0.5) is 0 Å². The van der Waals surface area contributed by atoms with Crippen LogP contribution in [-0.4, -0.2) is 27.7 Å². The third kappa shape index (κ3) is 2.90. The van der Waals surface area contributed by atoms with Crippen LogP contribution in [0.2, 0.25) is 0 Å². The maximum atomic E-state index is 12.0. The van der Waals surface area contributed by atoms with Crippen LogP contribution in [0.25, 0.3) is 4.96 Å². The average Bonchev–Trinajstić information content (AvgIpc) is 3.14. The van der Waals surface area contributed by atoms with Crippen molar-refractivity contribution in [1.29, 1.82) is 0 Å². The molecule has 3 aromatic rings. The number of esters is 1. The minimum absolute atomic E-state index is 0.0953. The van der Waals surface area contributed by atoms with Crippen molar-refractivity contribution in [2.45, 2.75) is 13.2 Å². The van der Waals surface area contributed by atoms with Gasteiger partial charge in [-0.1, -0.05) is 11.3 Å². The van der Waals surface area contributed by atoms with Gasteiger partial charge < -0.3 is 13.9 Å². The summed E-state index contributed by atoms with van der Waals surface area (Å²) in [5.41, 5.74) is 0.00479. The van der Waals surface area contributed by atoms with Gasteiger partial charge in [-0.15, -0.1) is 0 Å². The Morgan fingerprint density at radius 1 is 1.45 bits per heavy atom. The number of hydrogen-bond donors (Lipinski definition) is 0. The van der Waals surface area contributed by atoms with Gasteiger partial charge in [0, 0.05) is 13.2 Å². The normalized spacial score (nSPS) is 11.0. The maximum Gasteiger partial charge on any atom is 0.374 e. The third-order valence-corrected chi connectivity index (χ3v) is 3.56. The molecule has 0 saturated carbocycles. The number of fused-ring (bicyclic) bond motifs is 1. The molecule has 3 rings (SSSR count). The molecule has 0 spiro atoms. The second kappa shape index (κ2) is 6.08. The van der Waals surface area contributed by atoms with Gasteiger partial charge >= 0.3 is 5.97 Å². The molecule has 0 saturated heterocycles. The Kier molecular flexibility index (Phi) is 3.98. The molecule has 0 aliphatic rings. The molecule has 114 valence electrons. The summed E-state index contributed by atoms with van der Waals surface area (Å²) in [7, 11) is 1.54. The number of aromatic nitrogens is 3. The van der Waals surface area contributed by atoms with Crippen molar-refractivity contribution in [3.63, 3.8) is 0 Å². The summed E-state index contributed by atoms with van der Waals surface area (Å²) in [6.07, 6.45) is 1.38. The van der Waals surface area contributed by atoms with Crippen molar-refractivity contribution >= 4 is 22.3 Å². The zero-order chi connectivity index (χ0) is 15.5. The molecule has 0 aliphatic carbocycles. The van der Waals surface area contributed by atoms with Gasteiger partial charge in [-0.2, -0.15) is 9.61 Å². The van der Waals surface area contributed by atoms with Gasteiger partial charge in [-0.25, -0.2) is 9.78 Å². The summed E-state index contributed by atoms with van der Waals surface area (Å²) in [5, 5.41) is 4.73. The lowest BCUT2D eigenvalue weighted by Crippen LogP contribution is -2.16. The van der Waals surface area contributed by atoms with Crippen LogP contribution < -0.4 is 5.56 Å². The Bertz CT molecular complexity index is 852. The highest BCUT2D eigenvalue weighted by Crippen LogP contribution is 2.13. The van der Waals surface area contributed by atoms with E-state index in [1.165, 1.54) is 34.2 Å². The molecule has 3 aromatic heterocycles. The zero-order valence-corrected chi connectivity index (χ0v) is 12.3. The van der Waals surface area contributed by atoms with E-state index >= 15 is 0 Å². The average molecular weight is 321 g/mol. The molecule has 0 N–H and O–H groups in total. The lowest BCUT2D eigenvalue weighted by molar-refractivity contribution is 0.0431. The van der Waals surface area contributed by atoms with E-state index in [4.69, 9.17) is 13.9 Å². The summed E-state index contributed by atoms with van der Waals surface area (Å²) in [5.74, 6) is -0.519. The first-order valence-electron chi connectivity index (χ1n) is 6.25. The fraction of sp³-hybridized carbons (Fsp3) is 0.231. The monoisotopic (exact) mass is 321 g/mol. The van der Waals surface area contributed by atoms with E-state index in [1.54, 1.807) is 13.2 Å². The number of methoxy groups -OCH3 is 1. The molecule has 0 aliphatic heterocycles. The molecule has 0 fully saturated rings. The zero-order valence-electron chi connectivity index (χ0n) is 11.5. The predicted octanol–water partition coefficient (Wildman–Crippen LogP) is 1.25. The van der Waals surface area contributed by atoms with E-state index < -0.39 is 5.97 Å². The smallest absolute Gasteiger partial charge is 0.374 e. The number of hydrogen-bond acceptors (Lipinski definition) is 8. The Morgan fingerprint density at radius 3 is 3.05 bits per heavy atom. The molecule has 3 heterocycles. The molecule has 22 heavy (non-hydrogen) atoms. The summed E-state index contributed by atoms with van der Waals surface area (Å²) < 4.78 is 16.1. The Morgan fingerprint density at radius 2 is 2.32 bits per heavy atom. The summed E-state index contributed by atoms with van der Waals surface area (Å²) in [6.45, 7) is 0.180. The lowest BCUT2D eigenvalue weighted by atomic mass is 10.4. The predicted molar refractivity (Wildman–Crippen MR) is 75.7 cm³/mol. The van der Waals surface area contributed by atoms with E-state index in [0.717, 1.165) is 0 Å². The standard InChI is InChI=1S/C13H11N3O5S/c1-19-7-10-15-16-11(17)5-8(14-13(16)22-10)6-21-12(18)9-3-2-4-20-9/h2-5H,6-7H2,1H3. The summed E-state index contributed by atoms with van der Waals surface area (Å²) in [6, 6.07) is 4.36. The van der Waals surface area contributed by atoms with Gasteiger partial charge in [0.1, 0.15) is 11.6 Å². The van der Waals surface area contributed by atoms with E-state index in [1.807, 2.05) is 0 Å². The topological polar surface area (TPSA) is 95.9 Å². The van der Waals surface area contributed by atoms with Gasteiger partial charge in [0.2, 0.25) is 10.7 Å².